The lowest BCUT2D eigenvalue weighted by atomic mass is 10.1. The summed E-state index contributed by atoms with van der Waals surface area (Å²) in [6.45, 7) is 4.44. The van der Waals surface area contributed by atoms with Gasteiger partial charge in [0.2, 0.25) is 0 Å². The van der Waals surface area contributed by atoms with Gasteiger partial charge in [0, 0.05) is 18.5 Å². The molecule has 4 nitrogen and oxygen atoms in total. The summed E-state index contributed by atoms with van der Waals surface area (Å²) in [6, 6.07) is 1.96. The molecule has 1 aliphatic rings. The van der Waals surface area contributed by atoms with Crippen LogP contribution in [0.5, 0.6) is 0 Å². The Labute approximate surface area is 106 Å². The van der Waals surface area contributed by atoms with Gasteiger partial charge in [0.05, 0.1) is 17.0 Å². The summed E-state index contributed by atoms with van der Waals surface area (Å²) in [6.07, 6.45) is 2.02. The van der Waals surface area contributed by atoms with Gasteiger partial charge in [0.15, 0.2) is 0 Å². The minimum absolute atomic E-state index is 0.0312. The van der Waals surface area contributed by atoms with E-state index in [0.717, 1.165) is 25.1 Å². The van der Waals surface area contributed by atoms with Crippen molar-refractivity contribution in [3.63, 3.8) is 0 Å². The van der Waals surface area contributed by atoms with Gasteiger partial charge < -0.3 is 4.90 Å². The fraction of sp³-hybridized carbons (Fsp3) is 0.583. The molecular formula is C12H16ClN3O. The van der Waals surface area contributed by atoms with Crippen LogP contribution in [0, 0.1) is 13.8 Å². The van der Waals surface area contributed by atoms with Crippen LogP contribution < -0.4 is 0 Å². The molecule has 5 heteroatoms. The second-order valence-electron chi connectivity index (χ2n) is 4.43. The molecule has 1 aromatic rings. The van der Waals surface area contributed by atoms with Crippen molar-refractivity contribution in [2.45, 2.75) is 32.7 Å². The third-order valence-electron chi connectivity index (χ3n) is 3.15. The average molecular weight is 254 g/mol. The highest BCUT2D eigenvalue weighted by Crippen LogP contribution is 2.21. The Morgan fingerprint density at radius 2 is 2.29 bits per heavy atom. The summed E-state index contributed by atoms with van der Waals surface area (Å²) in [4.78, 5) is 14.2. The van der Waals surface area contributed by atoms with Crippen LogP contribution in [0.25, 0.3) is 0 Å². The molecule has 1 fully saturated rings. The zero-order valence-corrected chi connectivity index (χ0v) is 10.9. The van der Waals surface area contributed by atoms with Crippen molar-refractivity contribution in [3.8, 4) is 0 Å². The third-order valence-corrected chi connectivity index (χ3v) is 3.50. The van der Waals surface area contributed by atoms with E-state index in [-0.39, 0.29) is 11.9 Å². The predicted octanol–water partition coefficient (Wildman–Crippen LogP) is 1.94. The maximum absolute atomic E-state index is 12.4. The van der Waals surface area contributed by atoms with Crippen molar-refractivity contribution in [1.82, 2.24) is 15.1 Å². The number of halogens is 1. The molecule has 0 radical (unpaired) electrons. The third kappa shape index (κ3) is 2.41. The van der Waals surface area contributed by atoms with Crippen molar-refractivity contribution in [3.05, 3.63) is 23.0 Å². The quantitative estimate of drug-likeness (QED) is 0.757. The Morgan fingerprint density at radius 1 is 1.53 bits per heavy atom. The highest BCUT2D eigenvalue weighted by molar-refractivity contribution is 6.18. The van der Waals surface area contributed by atoms with Crippen LogP contribution in [-0.2, 0) is 0 Å². The summed E-state index contributed by atoms with van der Waals surface area (Å²) in [5.74, 6) is 0.533. The van der Waals surface area contributed by atoms with Crippen molar-refractivity contribution >= 4 is 17.5 Å². The number of rotatable bonds is 2. The molecule has 0 bridgehead atoms. The van der Waals surface area contributed by atoms with Gasteiger partial charge >= 0.3 is 0 Å². The molecule has 0 aromatic carbocycles. The van der Waals surface area contributed by atoms with E-state index in [0.29, 0.717) is 17.1 Å². The lowest BCUT2D eigenvalue weighted by molar-refractivity contribution is 0.0747. The first kappa shape index (κ1) is 12.3. The largest absolute Gasteiger partial charge is 0.334 e. The summed E-state index contributed by atoms with van der Waals surface area (Å²) < 4.78 is 0. The monoisotopic (exact) mass is 253 g/mol. The maximum atomic E-state index is 12.4. The van der Waals surface area contributed by atoms with E-state index in [2.05, 4.69) is 10.2 Å². The lowest BCUT2D eigenvalue weighted by Gasteiger charge is -2.23. The molecule has 0 spiro atoms. The Bertz CT molecular complexity index is 436. The molecule has 1 atom stereocenters. The van der Waals surface area contributed by atoms with Crippen molar-refractivity contribution in [2.24, 2.45) is 0 Å². The smallest absolute Gasteiger partial charge is 0.256 e. The molecule has 1 aliphatic heterocycles. The van der Waals surface area contributed by atoms with E-state index in [4.69, 9.17) is 11.6 Å². The van der Waals surface area contributed by atoms with Crippen LogP contribution in [0.1, 0.15) is 34.6 Å². The van der Waals surface area contributed by atoms with Gasteiger partial charge in [0.1, 0.15) is 0 Å². The second kappa shape index (κ2) is 5.00. The zero-order chi connectivity index (χ0) is 12.4. The number of alkyl halides is 1. The highest BCUT2D eigenvalue weighted by Gasteiger charge is 2.29. The molecule has 17 heavy (non-hydrogen) atoms. The second-order valence-corrected chi connectivity index (χ2v) is 4.74. The van der Waals surface area contributed by atoms with E-state index < -0.39 is 0 Å². The van der Waals surface area contributed by atoms with Crippen LogP contribution in [0.2, 0.25) is 0 Å². The van der Waals surface area contributed by atoms with E-state index in [9.17, 15) is 4.79 Å². The van der Waals surface area contributed by atoms with E-state index in [1.54, 1.807) is 6.07 Å². The first-order valence-corrected chi connectivity index (χ1v) is 6.35. The number of nitrogens with zero attached hydrogens (tertiary/aromatic N) is 3. The Morgan fingerprint density at radius 3 is 3.00 bits per heavy atom. The fourth-order valence-corrected chi connectivity index (χ4v) is 2.51. The minimum atomic E-state index is 0.0312. The van der Waals surface area contributed by atoms with Crippen LogP contribution >= 0.6 is 11.6 Å². The minimum Gasteiger partial charge on any atom is -0.334 e. The number of hydrogen-bond donors (Lipinski definition) is 0. The Kier molecular flexibility index (Phi) is 3.62. The predicted molar refractivity (Wildman–Crippen MR) is 66.3 cm³/mol. The fourth-order valence-electron chi connectivity index (χ4n) is 2.18. The lowest BCUT2D eigenvalue weighted by Crippen LogP contribution is -2.37. The number of carbonyl (C=O) groups excluding carboxylic acids is 1. The molecule has 1 amide bonds. The number of hydrogen-bond acceptors (Lipinski definition) is 3. The summed E-state index contributed by atoms with van der Waals surface area (Å²) in [5.41, 5.74) is 2.09. The average Bonchev–Trinajstić information content (AvgIpc) is 2.79. The molecule has 92 valence electrons. The van der Waals surface area contributed by atoms with Crippen LogP contribution in [-0.4, -0.2) is 39.5 Å². The molecule has 2 heterocycles. The molecule has 0 aliphatic carbocycles. The molecule has 2 rings (SSSR count). The standard InChI is InChI=1S/C12H16ClN3O/c1-8-6-11(9(2)15-14-8)12(17)16-5-3-4-10(16)7-13/h6,10H,3-5,7H2,1-2H3. The van der Waals surface area contributed by atoms with E-state index >= 15 is 0 Å². The topological polar surface area (TPSA) is 46.1 Å². The van der Waals surface area contributed by atoms with Gasteiger partial charge in [0.25, 0.3) is 5.91 Å². The van der Waals surface area contributed by atoms with E-state index in [1.165, 1.54) is 0 Å². The number of carbonyl (C=O) groups is 1. The summed E-state index contributed by atoms with van der Waals surface area (Å²) >= 11 is 5.88. The number of likely N-dealkylation sites (tertiary alicyclic amines) is 1. The molecule has 0 N–H and O–H groups in total. The van der Waals surface area contributed by atoms with E-state index in [1.807, 2.05) is 18.7 Å². The molecule has 1 unspecified atom stereocenters. The maximum Gasteiger partial charge on any atom is 0.256 e. The number of amides is 1. The summed E-state index contributed by atoms with van der Waals surface area (Å²) in [7, 11) is 0. The van der Waals surface area contributed by atoms with Crippen LogP contribution in [0.15, 0.2) is 6.07 Å². The van der Waals surface area contributed by atoms with Gasteiger partial charge in [-0.05, 0) is 32.8 Å². The first-order valence-electron chi connectivity index (χ1n) is 5.81. The molecule has 1 aromatic heterocycles. The van der Waals surface area contributed by atoms with Gasteiger partial charge in [-0.25, -0.2) is 0 Å². The normalized spacial score (nSPS) is 19.7. The van der Waals surface area contributed by atoms with Gasteiger partial charge in [-0.3, -0.25) is 4.79 Å². The Hall–Kier alpha value is -1.16. The van der Waals surface area contributed by atoms with Gasteiger partial charge in [-0.2, -0.15) is 10.2 Å². The van der Waals surface area contributed by atoms with Crippen molar-refractivity contribution in [2.75, 3.05) is 12.4 Å². The van der Waals surface area contributed by atoms with Gasteiger partial charge in [-0.1, -0.05) is 0 Å². The van der Waals surface area contributed by atoms with Crippen molar-refractivity contribution in [1.29, 1.82) is 0 Å². The van der Waals surface area contributed by atoms with Crippen LogP contribution in [0.4, 0.5) is 0 Å². The zero-order valence-electron chi connectivity index (χ0n) is 10.1. The first-order chi connectivity index (χ1) is 8.13. The highest BCUT2D eigenvalue weighted by atomic mass is 35.5. The Balaban J connectivity index is 2.27. The molecular weight excluding hydrogens is 238 g/mol. The summed E-state index contributed by atoms with van der Waals surface area (Å²) in [5, 5.41) is 7.93. The number of aryl methyl sites for hydroxylation is 2. The molecule has 1 saturated heterocycles. The number of aromatic nitrogens is 2. The SMILES string of the molecule is Cc1cc(C(=O)N2CCCC2CCl)c(C)nn1. The van der Waals surface area contributed by atoms with Crippen LogP contribution in [0.3, 0.4) is 0 Å². The molecule has 0 saturated carbocycles. The van der Waals surface area contributed by atoms with Gasteiger partial charge in [-0.15, -0.1) is 11.6 Å². The van der Waals surface area contributed by atoms with Crippen molar-refractivity contribution < 1.29 is 4.79 Å².